The number of aromatic nitrogens is 1. The van der Waals surface area contributed by atoms with Gasteiger partial charge in [-0.15, -0.1) is 0 Å². The third-order valence-electron chi connectivity index (χ3n) is 2.27. The van der Waals surface area contributed by atoms with Crippen molar-refractivity contribution in [2.75, 3.05) is 5.32 Å². The summed E-state index contributed by atoms with van der Waals surface area (Å²) in [5.74, 6) is 0.113. The highest BCUT2D eigenvalue weighted by Crippen LogP contribution is 2.20. The molecule has 1 aromatic heterocycles. The number of carbonyl (C=O) groups is 1. The van der Waals surface area contributed by atoms with Gasteiger partial charge in [0.1, 0.15) is 11.9 Å². The number of carbonyl (C=O) groups excluding carboxylic acids is 1. The third kappa shape index (κ3) is 2.17. The summed E-state index contributed by atoms with van der Waals surface area (Å²) in [7, 11) is 0. The van der Waals surface area contributed by atoms with Crippen LogP contribution >= 0.6 is 0 Å². The van der Waals surface area contributed by atoms with Crippen LogP contribution in [0.25, 0.3) is 0 Å². The van der Waals surface area contributed by atoms with Gasteiger partial charge in [-0.25, -0.2) is 0 Å². The Bertz CT molecular complexity index is 425. The average Bonchev–Trinajstić information content (AvgIpc) is 2.42. The highest BCUT2D eigenvalue weighted by molar-refractivity contribution is 5.95. The number of nitrogens with two attached hydrogens (primary N) is 1. The number of hydrogen-bond acceptors (Lipinski definition) is 3. The highest BCUT2D eigenvalue weighted by atomic mass is 16.2. The fraction of sp³-hybridized carbons (Fsp3) is 0.400. The van der Waals surface area contributed by atoms with E-state index in [1.165, 1.54) is 0 Å². The van der Waals surface area contributed by atoms with Gasteiger partial charge in [-0.05, 0) is 26.3 Å². The fourth-order valence-corrected chi connectivity index (χ4v) is 1.19. The first kappa shape index (κ1) is 11.3. The van der Waals surface area contributed by atoms with Crippen molar-refractivity contribution < 1.29 is 4.79 Å². The van der Waals surface area contributed by atoms with Gasteiger partial charge >= 0.3 is 0 Å². The number of hydrogen-bond donors (Lipinski definition) is 3. The first-order valence-electron chi connectivity index (χ1n) is 4.63. The second-order valence-corrected chi connectivity index (χ2v) is 3.51. The summed E-state index contributed by atoms with van der Waals surface area (Å²) < 4.78 is 0. The smallest absolute Gasteiger partial charge is 0.242 e. The molecule has 0 aliphatic carbocycles. The number of nitriles is 1. The summed E-state index contributed by atoms with van der Waals surface area (Å²) in [6, 6.07) is 1.45. The molecule has 5 nitrogen and oxygen atoms in total. The molecule has 1 aromatic rings. The van der Waals surface area contributed by atoms with Crippen LogP contribution in [0.15, 0.2) is 0 Å². The van der Waals surface area contributed by atoms with Gasteiger partial charge in [0.25, 0.3) is 0 Å². The molecule has 0 radical (unpaired) electrons. The molecule has 0 aliphatic heterocycles. The molecule has 4 N–H and O–H groups in total. The molecule has 0 aliphatic rings. The van der Waals surface area contributed by atoms with Crippen molar-refractivity contribution in [1.82, 2.24) is 4.98 Å². The predicted molar refractivity (Wildman–Crippen MR) is 57.3 cm³/mol. The Labute approximate surface area is 88.3 Å². The Morgan fingerprint density at radius 3 is 2.67 bits per heavy atom. The van der Waals surface area contributed by atoms with Crippen LogP contribution in [0.4, 0.5) is 5.82 Å². The van der Waals surface area contributed by atoms with Crippen molar-refractivity contribution in [3.05, 3.63) is 16.8 Å². The van der Waals surface area contributed by atoms with Crippen molar-refractivity contribution in [2.45, 2.75) is 26.8 Å². The van der Waals surface area contributed by atoms with Gasteiger partial charge in [-0.1, -0.05) is 0 Å². The first-order chi connectivity index (χ1) is 6.97. The molecule has 80 valence electrons. The molecule has 1 unspecified atom stereocenters. The van der Waals surface area contributed by atoms with Gasteiger partial charge in [0.2, 0.25) is 5.91 Å². The monoisotopic (exact) mass is 206 g/mol. The standard InChI is InChI=1S/C10H14N4O/c1-5-7(3)13-9(8(5)4-11)14-10(15)6(2)12/h6,13H,12H2,1-3H3,(H,14,15). The Morgan fingerprint density at radius 1 is 1.60 bits per heavy atom. The van der Waals surface area contributed by atoms with Gasteiger partial charge in [0, 0.05) is 5.69 Å². The van der Waals surface area contributed by atoms with E-state index in [0.29, 0.717) is 11.4 Å². The van der Waals surface area contributed by atoms with Crippen LogP contribution in [0.5, 0.6) is 0 Å². The molecule has 1 atom stereocenters. The SMILES string of the molecule is Cc1[nH]c(NC(=O)C(C)N)c(C#N)c1C. The molecule has 1 heterocycles. The number of aromatic amines is 1. The molecule has 1 rings (SSSR count). The maximum absolute atomic E-state index is 11.3. The second-order valence-electron chi connectivity index (χ2n) is 3.51. The number of amides is 1. The highest BCUT2D eigenvalue weighted by Gasteiger charge is 2.15. The summed E-state index contributed by atoms with van der Waals surface area (Å²) in [5, 5.41) is 11.5. The summed E-state index contributed by atoms with van der Waals surface area (Å²) in [6.45, 7) is 5.26. The second kappa shape index (κ2) is 4.15. The molecule has 0 bridgehead atoms. The lowest BCUT2D eigenvalue weighted by Gasteiger charge is -2.05. The maximum Gasteiger partial charge on any atom is 0.242 e. The van der Waals surface area contributed by atoms with Crippen LogP contribution in [-0.2, 0) is 4.79 Å². The van der Waals surface area contributed by atoms with E-state index in [1.807, 2.05) is 19.9 Å². The topological polar surface area (TPSA) is 94.7 Å². The van der Waals surface area contributed by atoms with E-state index < -0.39 is 6.04 Å². The van der Waals surface area contributed by atoms with Crippen LogP contribution < -0.4 is 11.1 Å². The molecule has 5 heteroatoms. The van der Waals surface area contributed by atoms with Crippen molar-refractivity contribution >= 4 is 11.7 Å². The van der Waals surface area contributed by atoms with Gasteiger partial charge in [0.05, 0.1) is 11.6 Å². The lowest BCUT2D eigenvalue weighted by Crippen LogP contribution is -2.32. The zero-order valence-electron chi connectivity index (χ0n) is 9.01. The molecular weight excluding hydrogens is 192 g/mol. The molecule has 0 fully saturated rings. The average molecular weight is 206 g/mol. The van der Waals surface area contributed by atoms with Crippen LogP contribution in [0.1, 0.15) is 23.7 Å². The van der Waals surface area contributed by atoms with Crippen LogP contribution in [0.2, 0.25) is 0 Å². The zero-order valence-corrected chi connectivity index (χ0v) is 9.01. The van der Waals surface area contributed by atoms with E-state index >= 15 is 0 Å². The minimum atomic E-state index is -0.597. The van der Waals surface area contributed by atoms with Crippen LogP contribution in [0, 0.1) is 25.2 Å². The number of nitrogens with zero attached hydrogens (tertiary/aromatic N) is 1. The van der Waals surface area contributed by atoms with Gasteiger partial charge in [-0.2, -0.15) is 5.26 Å². The molecule has 0 aromatic carbocycles. The molecule has 0 spiro atoms. The number of nitrogens with one attached hydrogen (secondary N) is 2. The zero-order chi connectivity index (χ0) is 11.6. The van der Waals surface area contributed by atoms with Crippen LogP contribution in [0.3, 0.4) is 0 Å². The first-order valence-corrected chi connectivity index (χ1v) is 4.63. The lowest BCUT2D eigenvalue weighted by molar-refractivity contribution is -0.117. The quantitative estimate of drug-likeness (QED) is 0.667. The van der Waals surface area contributed by atoms with Crippen LogP contribution in [-0.4, -0.2) is 16.9 Å². The molecule has 1 amide bonds. The van der Waals surface area contributed by atoms with E-state index in [2.05, 4.69) is 10.3 Å². The van der Waals surface area contributed by atoms with Crippen molar-refractivity contribution in [3.63, 3.8) is 0 Å². The normalized spacial score (nSPS) is 11.9. The van der Waals surface area contributed by atoms with Crippen molar-refractivity contribution in [3.8, 4) is 6.07 Å². The minimum Gasteiger partial charge on any atom is -0.344 e. The Balaban J connectivity index is 3.02. The number of anilines is 1. The fourth-order valence-electron chi connectivity index (χ4n) is 1.19. The molecular formula is C10H14N4O. The van der Waals surface area contributed by atoms with E-state index in [9.17, 15) is 4.79 Å². The van der Waals surface area contributed by atoms with E-state index in [-0.39, 0.29) is 5.91 Å². The summed E-state index contributed by atoms with van der Waals surface area (Å²) in [6.07, 6.45) is 0. The predicted octanol–water partition coefficient (Wildman–Crippen LogP) is 0.789. The number of aryl methyl sites for hydroxylation is 1. The van der Waals surface area contributed by atoms with Crippen molar-refractivity contribution in [1.29, 1.82) is 5.26 Å². The van der Waals surface area contributed by atoms with E-state index in [4.69, 9.17) is 11.0 Å². The van der Waals surface area contributed by atoms with Gasteiger partial charge in [0.15, 0.2) is 0 Å². The Kier molecular flexibility index (Phi) is 3.12. The van der Waals surface area contributed by atoms with Gasteiger partial charge in [-0.3, -0.25) is 4.79 Å². The molecule has 15 heavy (non-hydrogen) atoms. The minimum absolute atomic E-state index is 0.312. The Morgan fingerprint density at radius 2 is 2.20 bits per heavy atom. The summed E-state index contributed by atoms with van der Waals surface area (Å²) in [4.78, 5) is 14.3. The lowest BCUT2D eigenvalue weighted by atomic mass is 10.2. The number of H-pyrrole nitrogens is 1. The molecule has 0 saturated carbocycles. The van der Waals surface area contributed by atoms with E-state index in [1.54, 1.807) is 6.92 Å². The van der Waals surface area contributed by atoms with E-state index in [0.717, 1.165) is 11.3 Å². The largest absolute Gasteiger partial charge is 0.344 e. The number of rotatable bonds is 2. The summed E-state index contributed by atoms with van der Waals surface area (Å²) in [5.41, 5.74) is 7.58. The third-order valence-corrected chi connectivity index (χ3v) is 2.27. The van der Waals surface area contributed by atoms with Crippen molar-refractivity contribution in [2.24, 2.45) is 5.73 Å². The maximum atomic E-state index is 11.3. The molecule has 0 saturated heterocycles. The van der Waals surface area contributed by atoms with Gasteiger partial charge < -0.3 is 16.0 Å². The summed E-state index contributed by atoms with van der Waals surface area (Å²) >= 11 is 0. The Hall–Kier alpha value is -1.80.